The van der Waals surface area contributed by atoms with Gasteiger partial charge in [-0.15, -0.1) is 13.2 Å². The van der Waals surface area contributed by atoms with Crippen LogP contribution in [-0.2, 0) is 10.3 Å². The molecule has 0 spiro atoms. The number of aromatic nitrogens is 2. The average Bonchev–Trinajstić information content (AvgIpc) is 3.26. The van der Waals surface area contributed by atoms with Gasteiger partial charge in [-0.25, -0.2) is 4.79 Å². The van der Waals surface area contributed by atoms with Crippen molar-refractivity contribution >= 4 is 6.09 Å². The van der Waals surface area contributed by atoms with Crippen LogP contribution in [0.2, 0.25) is 0 Å². The van der Waals surface area contributed by atoms with Crippen molar-refractivity contribution in [2.24, 2.45) is 5.41 Å². The number of aliphatic hydroxyl groups is 1. The second-order valence-electron chi connectivity index (χ2n) is 11.0. The summed E-state index contributed by atoms with van der Waals surface area (Å²) in [6.45, 7) is 11.1. The zero-order valence-corrected chi connectivity index (χ0v) is 23.1. The highest BCUT2D eigenvalue weighted by atomic mass is 19.4. The highest BCUT2D eigenvalue weighted by molar-refractivity contribution is 5.70. The molecule has 1 aliphatic heterocycles. The molecular formula is C28H32F3N3O6. The highest BCUT2D eigenvalue weighted by Crippen LogP contribution is 2.52. The number of ether oxygens (including phenoxy) is 3. The molecule has 12 heteroatoms. The van der Waals surface area contributed by atoms with Crippen LogP contribution >= 0.6 is 0 Å². The molecule has 1 amide bonds. The molecule has 216 valence electrons. The smallest absolute Gasteiger partial charge is 0.493 e. The Kier molecular flexibility index (Phi) is 7.52. The van der Waals surface area contributed by atoms with Crippen molar-refractivity contribution in [2.75, 3.05) is 19.7 Å². The third kappa shape index (κ3) is 5.86. The molecule has 1 aliphatic rings. The largest absolute Gasteiger partial charge is 0.573 e. The number of likely N-dealkylation sites (tertiary alicyclic amines) is 1. The maximum atomic E-state index is 12.8. The van der Waals surface area contributed by atoms with Crippen LogP contribution in [0, 0.1) is 12.3 Å². The number of hydrogen-bond donors (Lipinski definition) is 1. The molecule has 2 aromatic carbocycles. The number of alkyl halides is 3. The van der Waals surface area contributed by atoms with Gasteiger partial charge in [-0.2, -0.15) is 4.98 Å². The minimum absolute atomic E-state index is 0.113. The van der Waals surface area contributed by atoms with Crippen molar-refractivity contribution in [3.63, 3.8) is 0 Å². The third-order valence-corrected chi connectivity index (χ3v) is 6.57. The summed E-state index contributed by atoms with van der Waals surface area (Å²) in [5.41, 5.74) is -2.34. The number of hydrogen-bond acceptors (Lipinski definition) is 8. The summed E-state index contributed by atoms with van der Waals surface area (Å²) in [4.78, 5) is 18.5. The Labute approximate surface area is 229 Å². The first-order valence-electron chi connectivity index (χ1n) is 12.7. The molecule has 0 radical (unpaired) electrons. The highest BCUT2D eigenvalue weighted by Gasteiger charge is 2.58. The first-order chi connectivity index (χ1) is 18.5. The minimum Gasteiger partial charge on any atom is -0.493 e. The van der Waals surface area contributed by atoms with Gasteiger partial charge in [0.2, 0.25) is 0 Å². The normalized spacial score (nSPS) is 16.6. The lowest BCUT2D eigenvalue weighted by Crippen LogP contribution is -2.66. The Bertz CT molecular complexity index is 1360. The van der Waals surface area contributed by atoms with Crippen LogP contribution in [0.3, 0.4) is 0 Å². The summed E-state index contributed by atoms with van der Waals surface area (Å²) in [5.74, 6) is 0.590. The van der Waals surface area contributed by atoms with E-state index >= 15 is 0 Å². The second-order valence-corrected chi connectivity index (χ2v) is 11.0. The predicted molar refractivity (Wildman–Crippen MR) is 138 cm³/mol. The summed E-state index contributed by atoms with van der Waals surface area (Å²) in [6, 6.07) is 9.99. The molecule has 4 rings (SSSR count). The molecule has 1 fully saturated rings. The second kappa shape index (κ2) is 10.3. The topological polar surface area (TPSA) is 107 Å². The van der Waals surface area contributed by atoms with Crippen molar-refractivity contribution in [1.82, 2.24) is 15.0 Å². The predicted octanol–water partition coefficient (Wildman–Crippen LogP) is 5.84. The van der Waals surface area contributed by atoms with E-state index in [-0.39, 0.29) is 19.0 Å². The molecule has 0 bridgehead atoms. The zero-order valence-electron chi connectivity index (χ0n) is 23.1. The van der Waals surface area contributed by atoms with Crippen molar-refractivity contribution in [2.45, 2.75) is 59.1 Å². The first-order valence-corrected chi connectivity index (χ1v) is 12.7. The molecule has 0 saturated carbocycles. The van der Waals surface area contributed by atoms with E-state index in [2.05, 4.69) is 14.9 Å². The van der Waals surface area contributed by atoms with E-state index in [0.717, 1.165) is 12.1 Å². The molecule has 1 unspecified atom stereocenters. The van der Waals surface area contributed by atoms with E-state index in [1.54, 1.807) is 52.8 Å². The van der Waals surface area contributed by atoms with E-state index in [1.165, 1.54) is 17.0 Å². The quantitative estimate of drug-likeness (QED) is 0.382. The standard InChI is InChI=1S/C28H32F3N3O6/c1-7-37-22-13-10-19(14-21(22)23-32-17(2)33-40-23)27(36,18-8-11-20(12-9-18)38-28(29,30)31)26(6)15-34(16-26)24(35)39-25(3,4)5/h8-14,36H,7,15-16H2,1-6H3. The average molecular weight is 564 g/mol. The Hall–Kier alpha value is -3.80. The van der Waals surface area contributed by atoms with Gasteiger partial charge in [-0.1, -0.05) is 30.3 Å². The fraction of sp³-hybridized carbons (Fsp3) is 0.464. The lowest BCUT2D eigenvalue weighted by Gasteiger charge is -2.56. The number of aryl methyl sites for hydroxylation is 1. The lowest BCUT2D eigenvalue weighted by molar-refractivity contribution is -0.274. The van der Waals surface area contributed by atoms with Crippen LogP contribution in [0.4, 0.5) is 18.0 Å². The number of rotatable bonds is 7. The summed E-state index contributed by atoms with van der Waals surface area (Å²) in [7, 11) is 0. The molecule has 40 heavy (non-hydrogen) atoms. The Morgan fingerprint density at radius 2 is 1.73 bits per heavy atom. The van der Waals surface area contributed by atoms with Gasteiger partial charge in [0.25, 0.3) is 5.89 Å². The van der Waals surface area contributed by atoms with Crippen LogP contribution in [0.5, 0.6) is 11.5 Å². The Morgan fingerprint density at radius 1 is 1.10 bits per heavy atom. The number of carbonyl (C=O) groups excluding carboxylic acids is 1. The van der Waals surface area contributed by atoms with Gasteiger partial charge in [0.15, 0.2) is 5.82 Å². The molecule has 1 saturated heterocycles. The number of benzene rings is 2. The summed E-state index contributed by atoms with van der Waals surface area (Å²) in [6.07, 6.45) is -5.40. The minimum atomic E-state index is -4.86. The molecule has 1 aromatic heterocycles. The van der Waals surface area contributed by atoms with E-state index in [9.17, 15) is 23.1 Å². The van der Waals surface area contributed by atoms with Gasteiger partial charge in [0, 0.05) is 18.5 Å². The summed E-state index contributed by atoms with van der Waals surface area (Å²) in [5, 5.41) is 16.4. The van der Waals surface area contributed by atoms with Gasteiger partial charge in [0.1, 0.15) is 22.7 Å². The fourth-order valence-corrected chi connectivity index (χ4v) is 4.85. The third-order valence-electron chi connectivity index (χ3n) is 6.57. The first kappa shape index (κ1) is 29.2. The lowest BCUT2D eigenvalue weighted by atomic mass is 9.61. The van der Waals surface area contributed by atoms with E-state index in [0.29, 0.717) is 34.9 Å². The number of halogens is 3. The monoisotopic (exact) mass is 563 g/mol. The van der Waals surface area contributed by atoms with Crippen molar-refractivity contribution < 1.29 is 41.8 Å². The van der Waals surface area contributed by atoms with Crippen LogP contribution in [0.25, 0.3) is 11.5 Å². The number of nitrogens with zero attached hydrogens (tertiary/aromatic N) is 3. The van der Waals surface area contributed by atoms with E-state index < -0.39 is 34.8 Å². The van der Waals surface area contributed by atoms with Gasteiger partial charge in [-0.3, -0.25) is 0 Å². The maximum absolute atomic E-state index is 12.8. The van der Waals surface area contributed by atoms with Crippen molar-refractivity contribution in [3.05, 3.63) is 59.4 Å². The van der Waals surface area contributed by atoms with Crippen molar-refractivity contribution in [1.29, 1.82) is 0 Å². The van der Waals surface area contributed by atoms with Crippen LogP contribution < -0.4 is 9.47 Å². The maximum Gasteiger partial charge on any atom is 0.573 e. The van der Waals surface area contributed by atoms with Gasteiger partial charge >= 0.3 is 12.5 Å². The molecule has 3 aromatic rings. The Morgan fingerprint density at radius 3 is 2.25 bits per heavy atom. The van der Waals surface area contributed by atoms with E-state index in [1.807, 2.05) is 6.92 Å². The van der Waals surface area contributed by atoms with Gasteiger partial charge in [-0.05, 0) is 70.0 Å². The summed E-state index contributed by atoms with van der Waals surface area (Å²) < 4.78 is 59.0. The fourth-order valence-electron chi connectivity index (χ4n) is 4.85. The van der Waals surface area contributed by atoms with Crippen LogP contribution in [0.15, 0.2) is 47.0 Å². The number of amides is 1. The SMILES string of the molecule is CCOc1ccc(C(O)(c2ccc(OC(F)(F)F)cc2)C2(C)CN(C(=O)OC(C)(C)C)C2)cc1-c1nc(C)no1. The van der Waals surface area contributed by atoms with Gasteiger partial charge in [0.05, 0.1) is 12.2 Å². The van der Waals surface area contributed by atoms with Gasteiger partial charge < -0.3 is 28.7 Å². The van der Waals surface area contributed by atoms with Crippen molar-refractivity contribution in [3.8, 4) is 23.0 Å². The molecule has 0 aliphatic carbocycles. The summed E-state index contributed by atoms with van der Waals surface area (Å²) >= 11 is 0. The van der Waals surface area contributed by atoms with Crippen LogP contribution in [0.1, 0.15) is 51.6 Å². The molecule has 2 heterocycles. The molecule has 1 N–H and O–H groups in total. The zero-order chi connectivity index (χ0) is 29.5. The number of carbonyl (C=O) groups is 1. The molecule has 9 nitrogen and oxygen atoms in total. The van der Waals surface area contributed by atoms with Crippen LogP contribution in [-0.4, -0.2) is 57.9 Å². The molecule has 1 atom stereocenters. The van der Waals surface area contributed by atoms with E-state index in [4.69, 9.17) is 14.0 Å². The Balaban J connectivity index is 1.80. The molecular weight excluding hydrogens is 531 g/mol.